The molecule has 1 aromatic heterocycles. The molecule has 2 rings (SSSR count). The molecule has 116 valence electrons. The van der Waals surface area contributed by atoms with Crippen LogP contribution in [0, 0.1) is 0 Å². The highest BCUT2D eigenvalue weighted by Gasteiger charge is 2.39. The summed E-state index contributed by atoms with van der Waals surface area (Å²) in [7, 11) is 0. The number of nitrogens with one attached hydrogen (secondary N) is 2. The maximum Gasteiger partial charge on any atom is 0.323 e. The monoisotopic (exact) mass is 295 g/mol. The fourth-order valence-corrected chi connectivity index (χ4v) is 2.04. The summed E-state index contributed by atoms with van der Waals surface area (Å²) in [6, 6.07) is 0.171. The molecule has 1 aromatic rings. The first kappa shape index (κ1) is 15.2. The molecule has 1 fully saturated rings. The number of anilines is 2. The van der Waals surface area contributed by atoms with Gasteiger partial charge in [0.2, 0.25) is 17.8 Å². The van der Waals surface area contributed by atoms with Crippen LogP contribution in [0.2, 0.25) is 0 Å². The van der Waals surface area contributed by atoms with Crippen LogP contribution in [0.1, 0.15) is 27.7 Å². The van der Waals surface area contributed by atoms with E-state index in [0.717, 1.165) is 0 Å². The quantitative estimate of drug-likeness (QED) is 0.510. The molecular weight excluding hydrogens is 274 g/mol. The molecule has 21 heavy (non-hydrogen) atoms. The van der Waals surface area contributed by atoms with Crippen molar-refractivity contribution in [1.82, 2.24) is 20.3 Å². The van der Waals surface area contributed by atoms with Crippen molar-refractivity contribution in [2.45, 2.75) is 39.3 Å². The van der Waals surface area contributed by atoms with Gasteiger partial charge in [-0.05, 0) is 27.7 Å². The van der Waals surface area contributed by atoms with E-state index in [1.54, 1.807) is 0 Å². The van der Waals surface area contributed by atoms with E-state index >= 15 is 0 Å². The molecule has 9 heteroatoms. The molecule has 0 aliphatic carbocycles. The van der Waals surface area contributed by atoms with Gasteiger partial charge in [0.05, 0.1) is 6.10 Å². The van der Waals surface area contributed by atoms with E-state index in [4.69, 9.17) is 10.6 Å². The number of nitrogens with zero attached hydrogens (tertiary/aromatic N) is 4. The van der Waals surface area contributed by atoms with Gasteiger partial charge in [-0.15, -0.1) is 0 Å². The van der Waals surface area contributed by atoms with Crippen LogP contribution in [0.4, 0.5) is 11.9 Å². The fourth-order valence-electron chi connectivity index (χ4n) is 2.04. The van der Waals surface area contributed by atoms with Gasteiger partial charge in [0, 0.05) is 13.1 Å². The van der Waals surface area contributed by atoms with Crippen LogP contribution in [0.25, 0.3) is 0 Å². The molecule has 0 spiro atoms. The number of hydrazine groups is 1. The largest absolute Gasteiger partial charge is 0.461 e. The summed E-state index contributed by atoms with van der Waals surface area (Å²) in [5.74, 6) is 5.85. The van der Waals surface area contributed by atoms with Crippen LogP contribution in [0.15, 0.2) is 0 Å². The van der Waals surface area contributed by atoms with Crippen LogP contribution in [0.3, 0.4) is 0 Å². The lowest BCUT2D eigenvalue weighted by atomic mass is 10.00. The first-order chi connectivity index (χ1) is 9.84. The van der Waals surface area contributed by atoms with Gasteiger partial charge in [0.15, 0.2) is 0 Å². The Labute approximate surface area is 123 Å². The lowest BCUT2D eigenvalue weighted by molar-refractivity contribution is -0.126. The Bertz CT molecular complexity index is 532. The highest BCUT2D eigenvalue weighted by molar-refractivity contribution is 5.89. The lowest BCUT2D eigenvalue weighted by Crippen LogP contribution is -2.62. The Morgan fingerprint density at radius 3 is 2.71 bits per heavy atom. The minimum atomic E-state index is -0.763. The van der Waals surface area contributed by atoms with E-state index in [9.17, 15) is 4.79 Å². The van der Waals surface area contributed by atoms with Gasteiger partial charge in [0.1, 0.15) is 5.54 Å². The third-order valence-electron chi connectivity index (χ3n) is 3.17. The summed E-state index contributed by atoms with van der Waals surface area (Å²) < 4.78 is 5.50. The molecular formula is C12H21N7O2. The van der Waals surface area contributed by atoms with Crippen molar-refractivity contribution in [2.75, 3.05) is 23.4 Å². The van der Waals surface area contributed by atoms with Crippen molar-refractivity contribution in [2.24, 2.45) is 5.84 Å². The Morgan fingerprint density at radius 1 is 1.38 bits per heavy atom. The maximum absolute atomic E-state index is 12.0. The Balaban J connectivity index is 2.39. The van der Waals surface area contributed by atoms with Crippen molar-refractivity contribution >= 4 is 17.8 Å². The number of nitrogens with two attached hydrogens (primary N) is 1. The first-order valence-electron chi connectivity index (χ1n) is 6.80. The van der Waals surface area contributed by atoms with Gasteiger partial charge in [-0.3, -0.25) is 10.2 Å². The van der Waals surface area contributed by atoms with Gasteiger partial charge >= 0.3 is 6.01 Å². The predicted octanol–water partition coefficient (Wildman–Crippen LogP) is -0.341. The third-order valence-corrected chi connectivity index (χ3v) is 3.17. The first-order valence-corrected chi connectivity index (χ1v) is 6.80. The predicted molar refractivity (Wildman–Crippen MR) is 77.8 cm³/mol. The molecule has 1 amide bonds. The average molecular weight is 295 g/mol. The van der Waals surface area contributed by atoms with Crippen molar-refractivity contribution < 1.29 is 9.53 Å². The fraction of sp³-hybridized carbons (Fsp3) is 0.667. The number of carbonyl (C=O) groups is 1. The zero-order chi connectivity index (χ0) is 15.6. The Hall–Kier alpha value is -2.16. The number of hydrogen-bond acceptors (Lipinski definition) is 8. The van der Waals surface area contributed by atoms with E-state index in [1.165, 1.54) is 0 Å². The average Bonchev–Trinajstić information content (AvgIpc) is 2.40. The SMILES string of the molecule is CC(C)Oc1nc(NN)nc(N2CCNC(=O)C2(C)C)n1. The van der Waals surface area contributed by atoms with Crippen LogP contribution in [-0.2, 0) is 4.79 Å². The molecule has 9 nitrogen and oxygen atoms in total. The minimum Gasteiger partial charge on any atom is -0.461 e. The minimum absolute atomic E-state index is 0.0801. The summed E-state index contributed by atoms with van der Waals surface area (Å²) in [5.41, 5.74) is 1.63. The molecule has 0 bridgehead atoms. The molecule has 1 saturated heterocycles. The second-order valence-corrected chi connectivity index (χ2v) is 5.52. The van der Waals surface area contributed by atoms with E-state index in [2.05, 4.69) is 25.7 Å². The molecule has 0 atom stereocenters. The zero-order valence-electron chi connectivity index (χ0n) is 12.7. The molecule has 4 N–H and O–H groups in total. The van der Waals surface area contributed by atoms with Crippen molar-refractivity contribution in [3.05, 3.63) is 0 Å². The molecule has 0 saturated carbocycles. The number of ether oxygens (including phenoxy) is 1. The zero-order valence-corrected chi connectivity index (χ0v) is 12.7. The number of nitrogen functional groups attached to an aromatic ring is 1. The summed E-state index contributed by atoms with van der Waals surface area (Å²) in [5, 5.41) is 2.82. The normalized spacial score (nSPS) is 17.6. The highest BCUT2D eigenvalue weighted by Crippen LogP contribution is 2.25. The Morgan fingerprint density at radius 2 is 2.10 bits per heavy atom. The van der Waals surface area contributed by atoms with E-state index < -0.39 is 5.54 Å². The van der Waals surface area contributed by atoms with Gasteiger partial charge in [-0.25, -0.2) is 5.84 Å². The number of piperazine rings is 1. The Kier molecular flexibility index (Phi) is 4.12. The molecule has 0 aromatic carbocycles. The van der Waals surface area contributed by atoms with Crippen molar-refractivity contribution in [1.29, 1.82) is 0 Å². The summed E-state index contributed by atoms with van der Waals surface area (Å²) >= 11 is 0. The molecule has 0 radical (unpaired) electrons. The van der Waals surface area contributed by atoms with Crippen LogP contribution < -0.4 is 26.2 Å². The van der Waals surface area contributed by atoms with Gasteiger partial charge in [-0.1, -0.05) is 0 Å². The maximum atomic E-state index is 12.0. The van der Waals surface area contributed by atoms with E-state index in [0.29, 0.717) is 19.0 Å². The summed E-state index contributed by atoms with van der Waals surface area (Å²) in [4.78, 5) is 26.4. The van der Waals surface area contributed by atoms with E-state index in [-0.39, 0.29) is 24.0 Å². The number of rotatable bonds is 4. The smallest absolute Gasteiger partial charge is 0.323 e. The lowest BCUT2D eigenvalue weighted by Gasteiger charge is -2.41. The second kappa shape index (κ2) is 5.68. The van der Waals surface area contributed by atoms with Gasteiger partial charge in [0.25, 0.3) is 0 Å². The van der Waals surface area contributed by atoms with Gasteiger partial charge < -0.3 is 15.0 Å². The summed E-state index contributed by atoms with van der Waals surface area (Å²) in [6.45, 7) is 8.48. The van der Waals surface area contributed by atoms with Crippen LogP contribution in [-0.4, -0.2) is 45.6 Å². The summed E-state index contributed by atoms with van der Waals surface area (Å²) in [6.07, 6.45) is -0.0801. The topological polar surface area (TPSA) is 118 Å². The second-order valence-electron chi connectivity index (χ2n) is 5.52. The molecule has 0 unspecified atom stereocenters. The third kappa shape index (κ3) is 3.13. The van der Waals surface area contributed by atoms with Gasteiger partial charge in [-0.2, -0.15) is 15.0 Å². The number of hydrogen-bond donors (Lipinski definition) is 3. The van der Waals surface area contributed by atoms with Crippen LogP contribution >= 0.6 is 0 Å². The molecule has 1 aliphatic rings. The number of carbonyl (C=O) groups excluding carboxylic acids is 1. The molecule has 2 heterocycles. The van der Waals surface area contributed by atoms with Crippen molar-refractivity contribution in [3.8, 4) is 6.01 Å². The highest BCUT2D eigenvalue weighted by atomic mass is 16.5. The van der Waals surface area contributed by atoms with E-state index in [1.807, 2.05) is 32.6 Å². The number of aromatic nitrogens is 3. The standard InChI is InChI=1S/C12H21N7O2/c1-7(2)21-11-16-9(18-13)15-10(17-11)19-6-5-14-8(20)12(19,3)4/h7H,5-6,13H2,1-4H3,(H,14,20)(H,15,16,17,18). The van der Waals surface area contributed by atoms with Crippen molar-refractivity contribution in [3.63, 3.8) is 0 Å². The van der Waals surface area contributed by atoms with Crippen LogP contribution in [0.5, 0.6) is 6.01 Å². The number of amides is 1. The molecule has 1 aliphatic heterocycles.